The minimum Gasteiger partial charge on any atom is -0.217 e. The van der Waals surface area contributed by atoms with Crippen LogP contribution < -0.4 is 0 Å². The predicted molar refractivity (Wildman–Crippen MR) is 62.2 cm³/mol. The minimum atomic E-state index is -3.05. The number of benzene rings is 1. The highest BCUT2D eigenvalue weighted by molar-refractivity contribution is 8.71. The molecule has 1 aromatic carbocycles. The van der Waals surface area contributed by atoms with Crippen molar-refractivity contribution in [3.05, 3.63) is 35.9 Å². The van der Waals surface area contributed by atoms with Crippen LogP contribution in [0.15, 0.2) is 30.3 Å². The van der Waals surface area contributed by atoms with Gasteiger partial charge in [-0.3, -0.25) is 0 Å². The van der Waals surface area contributed by atoms with Crippen molar-refractivity contribution in [2.24, 2.45) is 0 Å². The van der Waals surface area contributed by atoms with Crippen LogP contribution >= 0.6 is 22.4 Å². The molecule has 2 nitrogen and oxygen atoms in total. The van der Waals surface area contributed by atoms with E-state index in [0.29, 0.717) is 5.75 Å². The fraction of sp³-hybridized carbons (Fsp3) is 0.333. The van der Waals surface area contributed by atoms with E-state index in [4.69, 9.17) is 11.6 Å². The Hall–Kier alpha value is -0.190. The molecule has 0 aliphatic carbocycles. The van der Waals surface area contributed by atoms with Gasteiger partial charge in [-0.1, -0.05) is 30.3 Å². The van der Waals surface area contributed by atoms with Crippen LogP contribution in [-0.2, 0) is 14.6 Å². The van der Waals surface area contributed by atoms with Crippen molar-refractivity contribution in [2.75, 3.05) is 11.6 Å². The van der Waals surface area contributed by atoms with Crippen molar-refractivity contribution in [2.45, 2.75) is 5.75 Å². The van der Waals surface area contributed by atoms with Gasteiger partial charge in [-0.25, -0.2) is 8.42 Å². The second kappa shape index (κ2) is 5.63. The quantitative estimate of drug-likeness (QED) is 0.595. The molecule has 0 N–H and O–H groups in total. The molecule has 1 rings (SSSR count). The highest BCUT2D eigenvalue weighted by Gasteiger charge is 2.10. The van der Waals surface area contributed by atoms with Crippen LogP contribution in [0.3, 0.4) is 0 Å². The molecule has 0 aliphatic rings. The summed E-state index contributed by atoms with van der Waals surface area (Å²) < 4.78 is 22.6. The van der Waals surface area contributed by atoms with Gasteiger partial charge in [0.2, 0.25) is 8.87 Å². The molecule has 1 aromatic rings. The Morgan fingerprint density at radius 1 is 1.21 bits per heavy atom. The molecule has 0 amide bonds. The Balaban J connectivity index is 2.49. The van der Waals surface area contributed by atoms with Crippen molar-refractivity contribution in [1.82, 2.24) is 0 Å². The molecular formula is C9H11ClO2S2. The smallest absolute Gasteiger partial charge is 0.203 e. The average Bonchev–Trinajstić information content (AvgIpc) is 2.17. The van der Waals surface area contributed by atoms with E-state index in [1.807, 2.05) is 30.3 Å². The lowest BCUT2D eigenvalue weighted by atomic mass is 10.2. The molecule has 0 bridgehead atoms. The fourth-order valence-corrected chi connectivity index (χ4v) is 4.13. The van der Waals surface area contributed by atoms with Crippen molar-refractivity contribution in [1.29, 1.82) is 0 Å². The van der Waals surface area contributed by atoms with E-state index < -0.39 is 8.87 Å². The molecule has 0 heterocycles. The van der Waals surface area contributed by atoms with Crippen LogP contribution in [0, 0.1) is 0 Å². The van der Waals surface area contributed by atoms with E-state index in [1.165, 1.54) is 0 Å². The van der Waals surface area contributed by atoms with Gasteiger partial charge in [0, 0.05) is 11.6 Å². The molecule has 0 saturated heterocycles. The second-order valence-corrected chi connectivity index (χ2v) is 7.36. The topological polar surface area (TPSA) is 34.1 Å². The SMILES string of the molecule is O=S(=O)(CCCl)SCc1ccccc1. The Kier molecular flexibility index (Phi) is 4.78. The van der Waals surface area contributed by atoms with Crippen molar-refractivity contribution in [3.8, 4) is 0 Å². The van der Waals surface area contributed by atoms with Crippen LogP contribution in [0.25, 0.3) is 0 Å². The molecule has 0 aliphatic heterocycles. The molecule has 78 valence electrons. The Labute approximate surface area is 93.0 Å². The summed E-state index contributed by atoms with van der Waals surface area (Å²) in [5, 5.41) is 0. The Bertz CT molecular complexity index is 362. The zero-order valence-corrected chi connectivity index (χ0v) is 9.91. The van der Waals surface area contributed by atoms with Crippen LogP contribution in [-0.4, -0.2) is 20.1 Å². The number of halogens is 1. The summed E-state index contributed by atoms with van der Waals surface area (Å²) in [6.07, 6.45) is 0. The summed E-state index contributed by atoms with van der Waals surface area (Å²) in [5.74, 6) is 0.677. The molecule has 0 spiro atoms. The number of rotatable bonds is 5. The van der Waals surface area contributed by atoms with Gasteiger partial charge >= 0.3 is 0 Å². The average molecular weight is 251 g/mol. The molecule has 0 unspecified atom stereocenters. The van der Waals surface area contributed by atoms with E-state index in [1.54, 1.807) is 0 Å². The number of alkyl halides is 1. The maximum Gasteiger partial charge on any atom is 0.203 e. The van der Waals surface area contributed by atoms with E-state index >= 15 is 0 Å². The molecule has 0 saturated carbocycles. The zero-order chi connectivity index (χ0) is 10.4. The summed E-state index contributed by atoms with van der Waals surface area (Å²) in [6, 6.07) is 9.50. The third-order valence-corrected chi connectivity index (χ3v) is 5.43. The lowest BCUT2D eigenvalue weighted by Crippen LogP contribution is -2.02. The summed E-state index contributed by atoms with van der Waals surface area (Å²) in [6.45, 7) is 0. The molecule has 14 heavy (non-hydrogen) atoms. The summed E-state index contributed by atoms with van der Waals surface area (Å²) >= 11 is 5.38. The molecule has 0 fully saturated rings. The van der Waals surface area contributed by atoms with Gasteiger partial charge in [-0.15, -0.1) is 11.6 Å². The van der Waals surface area contributed by atoms with E-state index in [-0.39, 0.29) is 11.6 Å². The molecule has 0 radical (unpaired) electrons. The Morgan fingerprint density at radius 3 is 2.43 bits per heavy atom. The van der Waals surface area contributed by atoms with Crippen LogP contribution in [0.1, 0.15) is 5.56 Å². The van der Waals surface area contributed by atoms with E-state index in [0.717, 1.165) is 16.4 Å². The zero-order valence-electron chi connectivity index (χ0n) is 7.52. The van der Waals surface area contributed by atoms with Crippen LogP contribution in [0.5, 0.6) is 0 Å². The van der Waals surface area contributed by atoms with E-state index in [2.05, 4.69) is 0 Å². The normalized spacial score (nSPS) is 11.5. The number of hydrogen-bond donors (Lipinski definition) is 0. The van der Waals surface area contributed by atoms with Crippen LogP contribution in [0.2, 0.25) is 0 Å². The van der Waals surface area contributed by atoms with E-state index in [9.17, 15) is 8.42 Å². The third-order valence-electron chi connectivity index (χ3n) is 1.58. The fourth-order valence-electron chi connectivity index (χ4n) is 0.885. The van der Waals surface area contributed by atoms with Crippen LogP contribution in [0.4, 0.5) is 0 Å². The maximum atomic E-state index is 11.3. The Morgan fingerprint density at radius 2 is 1.86 bits per heavy atom. The highest BCUT2D eigenvalue weighted by atomic mass is 35.5. The molecular weight excluding hydrogens is 240 g/mol. The summed E-state index contributed by atoms with van der Waals surface area (Å²) in [4.78, 5) is 0. The monoisotopic (exact) mass is 250 g/mol. The van der Waals surface area contributed by atoms with Gasteiger partial charge in [0.05, 0.1) is 5.75 Å². The first-order valence-corrected chi connectivity index (χ1v) is 7.80. The van der Waals surface area contributed by atoms with Crippen molar-refractivity contribution >= 4 is 31.3 Å². The maximum absolute atomic E-state index is 11.3. The lowest BCUT2D eigenvalue weighted by Gasteiger charge is -2.01. The minimum absolute atomic E-state index is 0.0338. The standard InChI is InChI=1S/C9H11ClO2S2/c10-6-7-14(11,12)13-8-9-4-2-1-3-5-9/h1-5H,6-8H2. The van der Waals surface area contributed by atoms with Gasteiger partial charge in [-0.05, 0) is 16.4 Å². The molecule has 0 atom stereocenters. The van der Waals surface area contributed by atoms with Gasteiger partial charge in [0.15, 0.2) is 0 Å². The molecule has 5 heteroatoms. The van der Waals surface area contributed by atoms with Gasteiger partial charge < -0.3 is 0 Å². The van der Waals surface area contributed by atoms with Gasteiger partial charge in [-0.2, -0.15) is 0 Å². The number of hydrogen-bond acceptors (Lipinski definition) is 3. The second-order valence-electron chi connectivity index (χ2n) is 2.70. The first kappa shape index (κ1) is 11.9. The van der Waals surface area contributed by atoms with Crippen molar-refractivity contribution < 1.29 is 8.42 Å². The van der Waals surface area contributed by atoms with Gasteiger partial charge in [0.1, 0.15) is 0 Å². The first-order chi connectivity index (χ1) is 6.64. The summed E-state index contributed by atoms with van der Waals surface area (Å²) in [7, 11) is -2.10. The lowest BCUT2D eigenvalue weighted by molar-refractivity contribution is 0.611. The largest absolute Gasteiger partial charge is 0.217 e. The predicted octanol–water partition coefficient (Wildman–Crippen LogP) is 2.49. The molecule has 0 aromatic heterocycles. The highest BCUT2D eigenvalue weighted by Crippen LogP contribution is 2.19. The third kappa shape index (κ3) is 4.35. The summed E-state index contributed by atoms with van der Waals surface area (Å²) in [5.41, 5.74) is 1.01. The van der Waals surface area contributed by atoms with Crippen molar-refractivity contribution in [3.63, 3.8) is 0 Å². The van der Waals surface area contributed by atoms with Gasteiger partial charge in [0.25, 0.3) is 0 Å². The first-order valence-electron chi connectivity index (χ1n) is 4.11.